The van der Waals surface area contributed by atoms with E-state index in [0.717, 1.165) is 223 Å². The van der Waals surface area contributed by atoms with Gasteiger partial charge in [0.1, 0.15) is 46.6 Å². The Labute approximate surface area is 708 Å². The molecule has 20 rings (SSSR count). The fourth-order valence-corrected chi connectivity index (χ4v) is 20.0. The zero-order valence-electron chi connectivity index (χ0n) is 65.9. The fourth-order valence-electron chi connectivity index (χ4n) is 19.0. The Balaban J connectivity index is 0.000000113. The van der Waals surface area contributed by atoms with Gasteiger partial charge in [-0.1, -0.05) is 55.1 Å². The topological polar surface area (TPSA) is 193 Å². The van der Waals surface area contributed by atoms with Crippen molar-refractivity contribution in [3.05, 3.63) is 281 Å². The predicted molar refractivity (Wildman–Crippen MR) is 471 cm³/mol. The third-order valence-electron chi connectivity index (χ3n) is 25.3. The van der Waals surface area contributed by atoms with Crippen LogP contribution in [-0.2, 0) is 30.4 Å². The Hall–Kier alpha value is -9.99. The number of hydrogen-bond donors (Lipinski definition) is 4. The number of nitrogens with one attached hydrogen (secondary N) is 4. The highest BCUT2D eigenvalue weighted by Crippen LogP contribution is 2.45. The van der Waals surface area contributed by atoms with E-state index >= 15 is 0 Å². The normalized spacial score (nSPS) is 19.6. The minimum atomic E-state index is -0.347. The maximum absolute atomic E-state index is 13.8. The van der Waals surface area contributed by atoms with Gasteiger partial charge in [-0.05, 0) is 349 Å². The van der Waals surface area contributed by atoms with Gasteiger partial charge in [0.15, 0.2) is 0 Å². The zero-order chi connectivity index (χ0) is 81.2. The average Bonchev–Trinajstić information content (AvgIpc) is 1.55. The number of methoxy groups -OCH3 is 1. The van der Waals surface area contributed by atoms with E-state index in [-0.39, 0.29) is 29.2 Å². The average molecular weight is 1750 g/mol. The van der Waals surface area contributed by atoms with Crippen LogP contribution < -0.4 is 0 Å². The number of nitrogens with zero attached hydrogens (tertiary/aromatic N) is 8. The van der Waals surface area contributed by atoms with Gasteiger partial charge in [0.05, 0.1) is 88.9 Å². The molecule has 8 aromatic carbocycles. The van der Waals surface area contributed by atoms with E-state index in [1.165, 1.54) is 90.4 Å². The summed E-state index contributed by atoms with van der Waals surface area (Å²) in [5, 5.41) is 4.88. The fraction of sp³-hybridized carbons (Fsp3) is 0.323. The smallest absolute Gasteiger partial charge is 0.337 e. The van der Waals surface area contributed by atoms with Gasteiger partial charge in [-0.25, -0.2) is 42.3 Å². The van der Waals surface area contributed by atoms with Gasteiger partial charge in [0.2, 0.25) is 0 Å². The minimum Gasteiger partial charge on any atom is -0.465 e. The zero-order valence-corrected chi connectivity index (χ0v) is 70.6. The lowest BCUT2D eigenvalue weighted by Gasteiger charge is -2.29. The molecule has 0 spiro atoms. The van der Waals surface area contributed by atoms with Crippen molar-refractivity contribution in [2.24, 2.45) is 23.7 Å². The number of imidazole rings is 4. The number of fused-ring (bicyclic) bond motifs is 8. The van der Waals surface area contributed by atoms with Gasteiger partial charge in [-0.2, -0.15) is 0 Å². The summed E-state index contributed by atoms with van der Waals surface area (Å²) in [4.78, 5) is 62.2. The number of hydrogen-bond acceptors (Lipinski definition) is 10. The molecule has 0 aliphatic heterocycles. The van der Waals surface area contributed by atoms with E-state index in [0.29, 0.717) is 63.0 Å². The van der Waals surface area contributed by atoms with Crippen molar-refractivity contribution in [2.75, 3.05) is 7.11 Å². The SMILES string of the molecule is COC(=O)c1ccc2nc(CC3CCC(c4ccnc5ccc(F)cc45)CC3)[nH]c2c1.Cc1c(Br)ccc2[nH]c(CC3CCC(c4ccnc5ccc(F)cc45)CC3)nc12.Cc1c(Br)ccc2[nH]c(CC3CCC(c4ccnc5ccc(F)cc45)CC3)nc12.Fc1ccc2nccc(C3CCC(Cc4nc5cc(Cl)c(Cl)cc5[nH]4)CC3)c2c1. The second-order valence-corrected chi connectivity index (χ2v) is 35.3. The Morgan fingerprint density at radius 1 is 0.364 bits per heavy atom. The standard InChI is InChI=1S/C25H24FN3O2.2C24H23BrFN3.C23H20Cl2FN3/c1-31-25(30)17-6-8-22-23(13-17)29-24(28-22)12-15-2-4-16(5-3-15)19-10-11-27-21-9-7-18(26)14-20(19)21;2*1-14-20(25)7-9-22-24(14)29-23(28-22)12-15-2-4-16(5-3-15)18-10-11-27-21-8-6-17(26)13-19(18)21;24-18-11-21-22(12-19(18)25)29-23(28-21)9-13-1-3-14(4-2-13)16-7-8-27-20-6-5-15(26)10-17(16)20/h6-11,13-16H,2-5,12H2,1H3,(H,28,29);2*6-11,13,15-16H,2-5,12H2,1H3,(H,28,29);5-8,10-14H,1-4,9H2,(H,28,29). The van der Waals surface area contributed by atoms with Crippen LogP contribution in [0.4, 0.5) is 17.6 Å². The van der Waals surface area contributed by atoms with Crippen molar-refractivity contribution in [3.63, 3.8) is 0 Å². The van der Waals surface area contributed by atoms with Crippen molar-refractivity contribution in [2.45, 2.75) is 166 Å². The molecule has 22 heteroatoms. The van der Waals surface area contributed by atoms with Crippen LogP contribution in [0, 0.1) is 60.8 Å². The van der Waals surface area contributed by atoms with Crippen molar-refractivity contribution < 1.29 is 27.1 Å². The molecule has 4 fully saturated rings. The molecule has 4 N–H and O–H groups in total. The molecule has 602 valence electrons. The number of carbonyl (C=O) groups is 1. The van der Waals surface area contributed by atoms with Gasteiger partial charge < -0.3 is 24.7 Å². The van der Waals surface area contributed by atoms with Gasteiger partial charge in [-0.3, -0.25) is 19.9 Å². The number of pyridine rings is 4. The van der Waals surface area contributed by atoms with E-state index in [4.69, 9.17) is 42.9 Å². The number of benzene rings is 8. The van der Waals surface area contributed by atoms with Crippen LogP contribution in [0.25, 0.3) is 87.7 Å². The molecular formula is C96H90Br2Cl2F4N12O2. The van der Waals surface area contributed by atoms with E-state index in [1.807, 2.05) is 49.1 Å². The molecule has 0 amide bonds. The monoisotopic (exact) mass is 1750 g/mol. The number of aromatic amines is 4. The van der Waals surface area contributed by atoms with Crippen LogP contribution in [0.3, 0.4) is 0 Å². The number of aryl methyl sites for hydroxylation is 2. The van der Waals surface area contributed by atoms with Crippen LogP contribution in [0.5, 0.6) is 0 Å². The van der Waals surface area contributed by atoms with Crippen molar-refractivity contribution in [1.82, 2.24) is 59.8 Å². The lowest BCUT2D eigenvalue weighted by Crippen LogP contribution is -2.16. The molecule has 0 bridgehead atoms. The highest BCUT2D eigenvalue weighted by atomic mass is 79.9. The summed E-state index contributed by atoms with van der Waals surface area (Å²) in [6.45, 7) is 4.20. The molecule has 14 nitrogen and oxygen atoms in total. The Bertz CT molecular complexity index is 6150. The van der Waals surface area contributed by atoms with Gasteiger partial charge in [-0.15, -0.1) is 0 Å². The lowest BCUT2D eigenvalue weighted by atomic mass is 9.77. The first-order valence-electron chi connectivity index (χ1n) is 41.2. The summed E-state index contributed by atoms with van der Waals surface area (Å²) in [6, 6.07) is 45.1. The first-order chi connectivity index (χ1) is 57.3. The number of halogens is 8. The third-order valence-corrected chi connectivity index (χ3v) is 27.8. The number of rotatable bonds is 13. The van der Waals surface area contributed by atoms with Crippen LogP contribution >= 0.6 is 55.1 Å². The van der Waals surface area contributed by atoms with Crippen molar-refractivity contribution >= 4 is 149 Å². The van der Waals surface area contributed by atoms with Gasteiger partial charge >= 0.3 is 5.97 Å². The largest absolute Gasteiger partial charge is 0.465 e. The number of carbonyl (C=O) groups excluding carboxylic acids is 1. The maximum atomic E-state index is 13.8. The first kappa shape index (κ1) is 80.4. The Kier molecular flexibility index (Phi) is 24.2. The van der Waals surface area contributed by atoms with Gasteiger partial charge in [0, 0.05) is 81.0 Å². The van der Waals surface area contributed by atoms with E-state index < -0.39 is 0 Å². The summed E-state index contributed by atoms with van der Waals surface area (Å²) >= 11 is 19.4. The number of H-pyrrole nitrogens is 4. The van der Waals surface area contributed by atoms with Crippen molar-refractivity contribution in [1.29, 1.82) is 0 Å². The molecular weight excluding hydrogens is 1660 g/mol. The van der Waals surface area contributed by atoms with Crippen molar-refractivity contribution in [3.8, 4) is 0 Å². The molecule has 0 atom stereocenters. The maximum Gasteiger partial charge on any atom is 0.337 e. The number of aromatic nitrogens is 12. The molecule has 16 aromatic rings. The number of esters is 1. The number of ether oxygens (including phenoxy) is 1. The van der Waals surface area contributed by atoms with Gasteiger partial charge in [0.25, 0.3) is 0 Å². The predicted octanol–water partition coefficient (Wildman–Crippen LogP) is 26.3. The summed E-state index contributed by atoms with van der Waals surface area (Å²) in [5.74, 6) is 7.23. The minimum absolute atomic E-state index is 0.188. The molecule has 0 radical (unpaired) electrons. The summed E-state index contributed by atoms with van der Waals surface area (Å²) < 4.78 is 62.1. The second-order valence-electron chi connectivity index (χ2n) is 32.8. The molecule has 0 saturated heterocycles. The molecule has 4 aliphatic rings. The second kappa shape index (κ2) is 35.5. The van der Waals surface area contributed by atoms with Crippen LogP contribution in [0.1, 0.15) is 193 Å². The van der Waals surface area contributed by atoms with E-state index in [2.05, 4.69) is 133 Å². The van der Waals surface area contributed by atoms with Crippen LogP contribution in [0.2, 0.25) is 10.0 Å². The first-order valence-corrected chi connectivity index (χ1v) is 43.5. The Morgan fingerprint density at radius 2 is 0.669 bits per heavy atom. The van der Waals surface area contributed by atoms with E-state index in [1.54, 1.807) is 60.7 Å². The summed E-state index contributed by atoms with van der Waals surface area (Å²) in [6.07, 6.45) is 29.2. The summed E-state index contributed by atoms with van der Waals surface area (Å²) in [7, 11) is 1.38. The molecule has 8 aromatic heterocycles. The lowest BCUT2D eigenvalue weighted by molar-refractivity contribution is 0.0600. The molecule has 4 saturated carbocycles. The highest BCUT2D eigenvalue weighted by Gasteiger charge is 2.31. The quantitative estimate of drug-likeness (QED) is 0.0638. The highest BCUT2D eigenvalue weighted by molar-refractivity contribution is 9.10. The summed E-state index contributed by atoms with van der Waals surface area (Å²) in [5.41, 5.74) is 19.2. The molecule has 8 heterocycles. The molecule has 118 heavy (non-hydrogen) atoms. The third kappa shape index (κ3) is 18.0. The Morgan fingerprint density at radius 3 is 1.02 bits per heavy atom. The molecule has 4 aliphatic carbocycles. The van der Waals surface area contributed by atoms with Crippen LogP contribution in [-0.4, -0.2) is 72.9 Å². The van der Waals surface area contributed by atoms with Crippen LogP contribution in [0.15, 0.2) is 185 Å². The molecule has 0 unspecified atom stereocenters. The van der Waals surface area contributed by atoms with E-state index in [9.17, 15) is 22.4 Å².